The van der Waals surface area contributed by atoms with Gasteiger partial charge in [-0.1, -0.05) is 13.8 Å². The first-order valence-electron chi connectivity index (χ1n) is 8.35. The Morgan fingerprint density at radius 2 is 1.64 bits per heavy atom. The lowest BCUT2D eigenvalue weighted by molar-refractivity contribution is -0.129. The molecule has 1 aromatic rings. The predicted octanol–water partition coefficient (Wildman–Crippen LogP) is 0.925. The molecule has 8 heteroatoms. The highest BCUT2D eigenvalue weighted by molar-refractivity contribution is 7.89. The van der Waals surface area contributed by atoms with E-state index < -0.39 is 10.0 Å². The Kier molecular flexibility index (Phi) is 6.18. The molecule has 1 aromatic carbocycles. The maximum atomic E-state index is 12.7. The maximum absolute atomic E-state index is 12.7. The van der Waals surface area contributed by atoms with E-state index in [0.717, 1.165) is 0 Å². The van der Waals surface area contributed by atoms with Crippen LogP contribution in [0.2, 0.25) is 0 Å². The van der Waals surface area contributed by atoms with Gasteiger partial charge in [0, 0.05) is 45.2 Å². The van der Waals surface area contributed by atoms with Gasteiger partial charge in [0.15, 0.2) is 0 Å². The lowest BCUT2D eigenvalue weighted by atomic mass is 10.2. The number of carbonyl (C=O) groups is 2. The third kappa shape index (κ3) is 4.79. The molecule has 0 atom stereocenters. The molecule has 0 bridgehead atoms. The summed E-state index contributed by atoms with van der Waals surface area (Å²) in [5.41, 5.74) is 0.431. The van der Waals surface area contributed by atoms with Gasteiger partial charge in [0.2, 0.25) is 15.9 Å². The molecule has 7 nitrogen and oxygen atoms in total. The smallest absolute Gasteiger partial charge is 0.251 e. The van der Waals surface area contributed by atoms with Crippen LogP contribution in [0.1, 0.15) is 31.1 Å². The number of hydrogen-bond donors (Lipinski definition) is 1. The van der Waals surface area contributed by atoms with Gasteiger partial charge in [0.1, 0.15) is 0 Å². The summed E-state index contributed by atoms with van der Waals surface area (Å²) >= 11 is 0. The van der Waals surface area contributed by atoms with Crippen LogP contribution < -0.4 is 5.32 Å². The van der Waals surface area contributed by atoms with Crippen molar-refractivity contribution in [2.24, 2.45) is 5.92 Å². The van der Waals surface area contributed by atoms with E-state index in [1.807, 2.05) is 13.8 Å². The number of carbonyl (C=O) groups excluding carboxylic acids is 2. The summed E-state index contributed by atoms with van der Waals surface area (Å²) in [6, 6.07) is 5.96. The first-order valence-corrected chi connectivity index (χ1v) is 9.79. The van der Waals surface area contributed by atoms with E-state index in [2.05, 4.69) is 5.32 Å². The number of hydrogen-bond acceptors (Lipinski definition) is 4. The van der Waals surface area contributed by atoms with E-state index in [-0.39, 0.29) is 29.8 Å². The molecule has 0 aliphatic carbocycles. The van der Waals surface area contributed by atoms with Crippen molar-refractivity contribution in [3.05, 3.63) is 29.8 Å². The molecule has 1 fully saturated rings. The normalized spacial score (nSPS) is 16.1. The number of piperazine rings is 1. The summed E-state index contributed by atoms with van der Waals surface area (Å²) in [4.78, 5) is 25.1. The number of amides is 2. The van der Waals surface area contributed by atoms with Crippen molar-refractivity contribution in [1.29, 1.82) is 0 Å². The quantitative estimate of drug-likeness (QED) is 0.839. The van der Waals surface area contributed by atoms with Gasteiger partial charge in [0.25, 0.3) is 5.91 Å². The molecule has 1 aliphatic heterocycles. The minimum atomic E-state index is -3.62. The van der Waals surface area contributed by atoms with Crippen molar-refractivity contribution in [3.8, 4) is 0 Å². The van der Waals surface area contributed by atoms with Crippen LogP contribution >= 0.6 is 0 Å². The van der Waals surface area contributed by atoms with Crippen LogP contribution in [0.15, 0.2) is 29.2 Å². The van der Waals surface area contributed by atoms with Crippen LogP contribution in [0.3, 0.4) is 0 Å². The molecule has 1 saturated heterocycles. The molecular weight excluding hydrogens is 342 g/mol. The second-order valence-corrected chi connectivity index (χ2v) is 8.48. The molecule has 0 aromatic heterocycles. The lowest BCUT2D eigenvalue weighted by Crippen LogP contribution is -2.49. The number of nitrogens with zero attached hydrogens (tertiary/aromatic N) is 2. The number of sulfonamides is 1. The molecule has 25 heavy (non-hydrogen) atoms. The molecule has 138 valence electrons. The van der Waals surface area contributed by atoms with Gasteiger partial charge in [0.05, 0.1) is 4.90 Å². The van der Waals surface area contributed by atoms with Gasteiger partial charge >= 0.3 is 0 Å². The molecule has 1 heterocycles. The van der Waals surface area contributed by atoms with Gasteiger partial charge < -0.3 is 10.2 Å². The van der Waals surface area contributed by atoms with Gasteiger partial charge in [-0.25, -0.2) is 8.42 Å². The standard InChI is InChI=1S/C17H25N3O4S/c1-13(2)12-18-17(22)15-4-6-16(7-5-15)25(23,24)20-10-8-19(9-11-20)14(3)21/h4-7,13H,8-12H2,1-3H3,(H,18,22). The third-order valence-corrected chi connectivity index (χ3v) is 6.02. The van der Waals surface area contributed by atoms with Crippen LogP contribution in [-0.4, -0.2) is 62.2 Å². The lowest BCUT2D eigenvalue weighted by Gasteiger charge is -2.33. The third-order valence-electron chi connectivity index (χ3n) is 4.11. The molecule has 0 spiro atoms. The fraction of sp³-hybridized carbons (Fsp3) is 0.529. The second-order valence-electron chi connectivity index (χ2n) is 6.54. The van der Waals surface area contributed by atoms with Crippen LogP contribution in [0.25, 0.3) is 0 Å². The van der Waals surface area contributed by atoms with E-state index in [0.29, 0.717) is 31.1 Å². The highest BCUT2D eigenvalue weighted by Crippen LogP contribution is 2.18. The first-order chi connectivity index (χ1) is 11.7. The van der Waals surface area contributed by atoms with Gasteiger partial charge in [-0.15, -0.1) is 0 Å². The monoisotopic (exact) mass is 367 g/mol. The average molecular weight is 367 g/mol. The Morgan fingerprint density at radius 3 is 2.12 bits per heavy atom. The molecule has 1 N–H and O–H groups in total. The van der Waals surface area contributed by atoms with Crippen molar-refractivity contribution >= 4 is 21.8 Å². The SMILES string of the molecule is CC(=O)N1CCN(S(=O)(=O)c2ccc(C(=O)NCC(C)C)cc2)CC1. The molecule has 2 rings (SSSR count). The van der Waals surface area contributed by atoms with Gasteiger partial charge in [-0.3, -0.25) is 9.59 Å². The summed E-state index contributed by atoms with van der Waals surface area (Å²) in [7, 11) is -3.62. The number of benzene rings is 1. The highest BCUT2D eigenvalue weighted by Gasteiger charge is 2.29. The van der Waals surface area contributed by atoms with Crippen LogP contribution in [0.5, 0.6) is 0 Å². The zero-order valence-electron chi connectivity index (χ0n) is 14.9. The fourth-order valence-electron chi connectivity index (χ4n) is 2.57. The molecule has 0 radical (unpaired) electrons. The molecule has 2 amide bonds. The van der Waals surface area contributed by atoms with E-state index in [4.69, 9.17) is 0 Å². The van der Waals surface area contributed by atoms with Crippen molar-refractivity contribution in [1.82, 2.24) is 14.5 Å². The maximum Gasteiger partial charge on any atom is 0.251 e. The van der Waals surface area contributed by atoms with Crippen molar-refractivity contribution in [2.75, 3.05) is 32.7 Å². The number of rotatable bonds is 5. The molecular formula is C17H25N3O4S. The van der Waals surface area contributed by atoms with E-state index in [1.54, 1.807) is 4.90 Å². The minimum absolute atomic E-state index is 0.0474. The summed E-state index contributed by atoms with van der Waals surface area (Å²) in [5.74, 6) is 0.0822. The Hall–Kier alpha value is -1.93. The summed E-state index contributed by atoms with van der Waals surface area (Å²) in [6.07, 6.45) is 0. The van der Waals surface area contributed by atoms with E-state index in [1.165, 1.54) is 35.5 Å². The Balaban J connectivity index is 2.05. The Labute approximate surface area is 149 Å². The highest BCUT2D eigenvalue weighted by atomic mass is 32.2. The van der Waals surface area contributed by atoms with Crippen molar-refractivity contribution < 1.29 is 18.0 Å². The van der Waals surface area contributed by atoms with Crippen LogP contribution in [0.4, 0.5) is 0 Å². The molecule has 0 unspecified atom stereocenters. The fourth-order valence-corrected chi connectivity index (χ4v) is 3.99. The largest absolute Gasteiger partial charge is 0.352 e. The predicted molar refractivity (Wildman–Crippen MR) is 94.6 cm³/mol. The second kappa shape index (κ2) is 7.97. The first kappa shape index (κ1) is 19.4. The Morgan fingerprint density at radius 1 is 1.08 bits per heavy atom. The zero-order chi connectivity index (χ0) is 18.6. The zero-order valence-corrected chi connectivity index (χ0v) is 15.7. The molecule has 1 aliphatic rings. The van der Waals surface area contributed by atoms with Crippen molar-refractivity contribution in [2.45, 2.75) is 25.7 Å². The van der Waals surface area contributed by atoms with Gasteiger partial charge in [-0.05, 0) is 30.2 Å². The summed E-state index contributed by atoms with van der Waals surface area (Å²) in [5, 5.41) is 2.80. The summed E-state index contributed by atoms with van der Waals surface area (Å²) in [6.45, 7) is 7.39. The van der Waals surface area contributed by atoms with Crippen LogP contribution in [-0.2, 0) is 14.8 Å². The van der Waals surface area contributed by atoms with Gasteiger partial charge in [-0.2, -0.15) is 4.31 Å². The Bertz CT molecular complexity index is 721. The van der Waals surface area contributed by atoms with Crippen molar-refractivity contribution in [3.63, 3.8) is 0 Å². The summed E-state index contributed by atoms with van der Waals surface area (Å²) < 4.78 is 26.7. The number of nitrogens with one attached hydrogen (secondary N) is 1. The topological polar surface area (TPSA) is 86.8 Å². The minimum Gasteiger partial charge on any atom is -0.352 e. The van der Waals surface area contributed by atoms with E-state index >= 15 is 0 Å². The average Bonchev–Trinajstić information content (AvgIpc) is 2.59. The van der Waals surface area contributed by atoms with Crippen LogP contribution in [0, 0.1) is 5.92 Å². The molecule has 0 saturated carbocycles. The van der Waals surface area contributed by atoms with E-state index in [9.17, 15) is 18.0 Å².